The Labute approximate surface area is 172 Å². The number of carbonyl (C=O) groups excluding carboxylic acids is 1. The number of benzene rings is 1. The Morgan fingerprint density at radius 2 is 1.90 bits per heavy atom. The van der Waals surface area contributed by atoms with Crippen LogP contribution in [-0.4, -0.2) is 41.9 Å². The van der Waals surface area contributed by atoms with E-state index in [4.69, 9.17) is 0 Å². The van der Waals surface area contributed by atoms with Crippen LogP contribution < -0.4 is 10.9 Å². The topological polar surface area (TPSA) is 118 Å². The molecule has 2 atom stereocenters. The lowest BCUT2D eigenvalue weighted by Crippen LogP contribution is -2.66. The Morgan fingerprint density at radius 1 is 1.17 bits per heavy atom. The van der Waals surface area contributed by atoms with Crippen LogP contribution in [-0.2, 0) is 5.54 Å². The van der Waals surface area contributed by atoms with Gasteiger partial charge >= 0.3 is 0 Å². The molecule has 30 heavy (non-hydrogen) atoms. The molecule has 0 aliphatic heterocycles. The average Bonchev–Trinajstić information content (AvgIpc) is 3.14. The van der Waals surface area contributed by atoms with Crippen LogP contribution in [0.3, 0.4) is 0 Å². The summed E-state index contributed by atoms with van der Waals surface area (Å²) in [6.45, 7) is 1.86. The minimum atomic E-state index is -0.304. The number of amides is 1. The van der Waals surface area contributed by atoms with Crippen molar-refractivity contribution in [1.29, 1.82) is 0 Å². The summed E-state index contributed by atoms with van der Waals surface area (Å²) in [5, 5.41) is 23.9. The highest BCUT2D eigenvalue weighted by Crippen LogP contribution is 2.60. The molecule has 0 radical (unpaired) electrons. The summed E-state index contributed by atoms with van der Waals surface area (Å²) in [5.74, 6) is 1.52. The van der Waals surface area contributed by atoms with E-state index in [1.54, 1.807) is 18.2 Å². The van der Waals surface area contributed by atoms with E-state index in [0.717, 1.165) is 32.1 Å². The molecule has 7 rings (SSSR count). The summed E-state index contributed by atoms with van der Waals surface area (Å²) in [5.41, 5.74) is -0.506. The summed E-state index contributed by atoms with van der Waals surface area (Å²) in [6, 6.07) is 7.09. The fourth-order valence-electron chi connectivity index (χ4n) is 6.67. The molecular formula is C21H23N7O2. The number of nitrogens with zero attached hydrogens (tertiary/aromatic N) is 5. The van der Waals surface area contributed by atoms with Gasteiger partial charge in [0.25, 0.3) is 11.5 Å². The van der Waals surface area contributed by atoms with Crippen molar-refractivity contribution in [3.63, 3.8) is 0 Å². The van der Waals surface area contributed by atoms with Crippen LogP contribution in [0.1, 0.15) is 54.8 Å². The normalized spacial score (nSPS) is 31.9. The molecule has 2 heterocycles. The Hall–Kier alpha value is -3.10. The van der Waals surface area contributed by atoms with Crippen molar-refractivity contribution >= 4 is 16.7 Å². The molecule has 2 aromatic heterocycles. The van der Waals surface area contributed by atoms with Gasteiger partial charge in [-0.3, -0.25) is 9.59 Å². The lowest BCUT2D eigenvalue weighted by molar-refractivity contribution is -0.0811. The smallest absolute Gasteiger partial charge is 0.272 e. The molecule has 0 spiro atoms. The van der Waals surface area contributed by atoms with E-state index in [1.807, 2.05) is 17.8 Å². The molecule has 3 aromatic rings. The zero-order valence-electron chi connectivity index (χ0n) is 16.8. The molecule has 1 amide bonds. The van der Waals surface area contributed by atoms with Gasteiger partial charge in [-0.15, -0.1) is 10.2 Å². The molecule has 4 saturated carbocycles. The molecule has 4 bridgehead atoms. The van der Waals surface area contributed by atoms with Gasteiger partial charge < -0.3 is 5.32 Å². The molecule has 2 unspecified atom stereocenters. The van der Waals surface area contributed by atoms with Gasteiger partial charge in [0.05, 0.1) is 10.9 Å². The van der Waals surface area contributed by atoms with Crippen LogP contribution in [0.2, 0.25) is 0 Å². The fourth-order valence-corrected chi connectivity index (χ4v) is 6.67. The highest BCUT2D eigenvalue weighted by molar-refractivity contribution is 6.05. The molecule has 9 nitrogen and oxygen atoms in total. The van der Waals surface area contributed by atoms with E-state index in [0.29, 0.717) is 28.4 Å². The largest absolute Gasteiger partial charge is 0.345 e. The van der Waals surface area contributed by atoms with Gasteiger partial charge in [0.15, 0.2) is 11.5 Å². The number of carbonyl (C=O) groups is 1. The Kier molecular flexibility index (Phi) is 3.52. The monoisotopic (exact) mass is 405 g/mol. The zero-order chi connectivity index (χ0) is 20.5. The van der Waals surface area contributed by atoms with Crippen molar-refractivity contribution in [3.05, 3.63) is 46.1 Å². The van der Waals surface area contributed by atoms with E-state index >= 15 is 0 Å². The Bertz CT molecular complexity index is 1220. The first-order valence-electron chi connectivity index (χ1n) is 10.5. The van der Waals surface area contributed by atoms with Crippen LogP contribution in [0.25, 0.3) is 10.8 Å². The minimum Gasteiger partial charge on any atom is -0.345 e. The van der Waals surface area contributed by atoms with Crippen LogP contribution in [0, 0.1) is 18.8 Å². The number of fused-ring (bicyclic) bond motifs is 1. The second kappa shape index (κ2) is 5.96. The quantitative estimate of drug-likeness (QED) is 0.685. The van der Waals surface area contributed by atoms with E-state index in [1.165, 1.54) is 6.42 Å². The van der Waals surface area contributed by atoms with Crippen LogP contribution in [0.15, 0.2) is 29.1 Å². The second-order valence-corrected chi connectivity index (χ2v) is 9.49. The Morgan fingerprint density at radius 3 is 2.60 bits per heavy atom. The van der Waals surface area contributed by atoms with Gasteiger partial charge in [0.2, 0.25) is 0 Å². The third kappa shape index (κ3) is 2.54. The average molecular weight is 405 g/mol. The number of H-pyrrole nitrogens is 1. The van der Waals surface area contributed by atoms with Crippen molar-refractivity contribution in [2.45, 2.75) is 56.5 Å². The number of rotatable bonds is 3. The predicted molar refractivity (Wildman–Crippen MR) is 108 cm³/mol. The maximum atomic E-state index is 13.4. The molecule has 154 valence electrons. The minimum absolute atomic E-state index is 0.181. The molecule has 1 aromatic carbocycles. The van der Waals surface area contributed by atoms with Crippen molar-refractivity contribution < 1.29 is 4.79 Å². The van der Waals surface area contributed by atoms with E-state index in [2.05, 4.69) is 30.9 Å². The molecule has 0 saturated heterocycles. The fraction of sp³-hybridized carbons (Fsp3) is 0.524. The van der Waals surface area contributed by atoms with Crippen molar-refractivity contribution in [2.75, 3.05) is 0 Å². The number of aryl methyl sites for hydroxylation is 1. The van der Waals surface area contributed by atoms with Gasteiger partial charge in [0, 0.05) is 10.9 Å². The molecule has 4 aliphatic carbocycles. The maximum absolute atomic E-state index is 13.4. The number of nitrogens with one attached hydrogen (secondary N) is 2. The van der Waals surface area contributed by atoms with Gasteiger partial charge in [0.1, 0.15) is 0 Å². The van der Waals surface area contributed by atoms with Crippen molar-refractivity contribution in [3.8, 4) is 0 Å². The molecule has 2 N–H and O–H groups in total. The van der Waals surface area contributed by atoms with Gasteiger partial charge in [-0.25, -0.2) is 5.10 Å². The number of hydrogen-bond donors (Lipinski definition) is 2. The first-order valence-corrected chi connectivity index (χ1v) is 10.5. The third-order valence-electron chi connectivity index (χ3n) is 7.26. The molecule has 4 aliphatic rings. The lowest BCUT2D eigenvalue weighted by Gasteiger charge is -2.61. The molecular weight excluding hydrogens is 382 g/mol. The van der Waals surface area contributed by atoms with Gasteiger partial charge in [-0.1, -0.05) is 18.2 Å². The van der Waals surface area contributed by atoms with Gasteiger partial charge in [-0.05, 0) is 68.6 Å². The SMILES string of the molecule is Cc1nnn(C23CC4CC(CC(NC(=O)c5n[nH]c(=O)c6ccccc56)(C4)C2)C3)n1. The first kappa shape index (κ1) is 17.7. The summed E-state index contributed by atoms with van der Waals surface area (Å²) in [7, 11) is 0. The highest BCUT2D eigenvalue weighted by Gasteiger charge is 2.60. The van der Waals surface area contributed by atoms with Crippen molar-refractivity contribution in [1.82, 2.24) is 35.7 Å². The molecule has 4 fully saturated rings. The lowest BCUT2D eigenvalue weighted by atomic mass is 9.50. The maximum Gasteiger partial charge on any atom is 0.272 e. The third-order valence-corrected chi connectivity index (χ3v) is 7.26. The number of aromatic amines is 1. The second-order valence-electron chi connectivity index (χ2n) is 9.49. The first-order chi connectivity index (χ1) is 14.5. The number of tetrazole rings is 1. The standard InChI is InChI=1S/C21H23N7O2/c1-12-23-27-28(26-12)21-9-13-6-14(10-21)8-20(7-13,11-21)22-19(30)17-15-4-2-3-5-16(15)18(29)25-24-17/h2-5,13-14H,6-11H2,1H3,(H,22,30)(H,25,29). The number of hydrogen-bond acceptors (Lipinski definition) is 6. The summed E-state index contributed by atoms with van der Waals surface area (Å²) in [4.78, 5) is 27.3. The predicted octanol–water partition coefficient (Wildman–Crippen LogP) is 1.70. The summed E-state index contributed by atoms with van der Waals surface area (Å²) >= 11 is 0. The van der Waals surface area contributed by atoms with Crippen LogP contribution in [0.5, 0.6) is 0 Å². The highest BCUT2D eigenvalue weighted by atomic mass is 16.2. The van der Waals surface area contributed by atoms with E-state index < -0.39 is 0 Å². The zero-order valence-corrected chi connectivity index (χ0v) is 16.8. The number of aromatic nitrogens is 6. The van der Waals surface area contributed by atoms with Gasteiger partial charge in [-0.2, -0.15) is 9.90 Å². The van der Waals surface area contributed by atoms with E-state index in [-0.39, 0.29) is 28.2 Å². The summed E-state index contributed by atoms with van der Waals surface area (Å²) in [6.07, 6.45) is 6.01. The van der Waals surface area contributed by atoms with E-state index in [9.17, 15) is 9.59 Å². The van der Waals surface area contributed by atoms with Crippen LogP contribution >= 0.6 is 0 Å². The van der Waals surface area contributed by atoms with Crippen molar-refractivity contribution in [2.24, 2.45) is 11.8 Å². The summed E-state index contributed by atoms with van der Waals surface area (Å²) < 4.78 is 0. The Balaban J connectivity index is 1.37. The molecule has 9 heteroatoms. The van der Waals surface area contributed by atoms with Crippen LogP contribution in [0.4, 0.5) is 0 Å².